The van der Waals surface area contributed by atoms with Crippen LogP contribution >= 0.6 is 0 Å². The summed E-state index contributed by atoms with van der Waals surface area (Å²) in [5.74, 6) is 0.994. The average molecular weight is 292 g/mol. The predicted octanol–water partition coefficient (Wildman–Crippen LogP) is 2.47. The number of carbonyl (C=O) groups is 1. The summed E-state index contributed by atoms with van der Waals surface area (Å²) in [7, 11) is 1.52. The summed E-state index contributed by atoms with van der Waals surface area (Å²) < 4.78 is 15.7. The Morgan fingerprint density at radius 3 is 2.62 bits per heavy atom. The minimum absolute atomic E-state index is 0.241. The molecule has 0 saturated carbocycles. The SMILES string of the molecule is COc1ccc(C#N)cc1OCCNC(=O)OC(C)(C)C. The van der Waals surface area contributed by atoms with Crippen LogP contribution < -0.4 is 14.8 Å². The van der Waals surface area contributed by atoms with Crippen molar-refractivity contribution in [2.45, 2.75) is 26.4 Å². The number of rotatable bonds is 5. The molecule has 0 spiro atoms. The lowest BCUT2D eigenvalue weighted by Crippen LogP contribution is -2.34. The molecule has 0 unspecified atom stereocenters. The zero-order valence-corrected chi connectivity index (χ0v) is 12.7. The molecule has 0 saturated heterocycles. The molecule has 1 amide bonds. The Kier molecular flexibility index (Phi) is 5.85. The van der Waals surface area contributed by atoms with Gasteiger partial charge in [-0.15, -0.1) is 0 Å². The van der Waals surface area contributed by atoms with Crippen molar-refractivity contribution in [3.8, 4) is 17.6 Å². The molecule has 0 heterocycles. The number of hydrogen-bond acceptors (Lipinski definition) is 5. The van der Waals surface area contributed by atoms with Gasteiger partial charge in [-0.05, 0) is 32.9 Å². The van der Waals surface area contributed by atoms with Crippen LogP contribution in [0.1, 0.15) is 26.3 Å². The highest BCUT2D eigenvalue weighted by atomic mass is 16.6. The number of ether oxygens (including phenoxy) is 3. The second-order valence-electron chi connectivity index (χ2n) is 5.25. The van der Waals surface area contributed by atoms with E-state index in [0.29, 0.717) is 17.1 Å². The smallest absolute Gasteiger partial charge is 0.407 e. The van der Waals surface area contributed by atoms with Crippen molar-refractivity contribution in [2.24, 2.45) is 0 Å². The van der Waals surface area contributed by atoms with Crippen LogP contribution in [-0.4, -0.2) is 32.0 Å². The first kappa shape index (κ1) is 16.6. The molecule has 0 aliphatic carbocycles. The van der Waals surface area contributed by atoms with Gasteiger partial charge >= 0.3 is 6.09 Å². The third kappa shape index (κ3) is 6.04. The molecule has 0 bridgehead atoms. The van der Waals surface area contributed by atoms with Crippen molar-refractivity contribution in [1.82, 2.24) is 5.32 Å². The first-order valence-corrected chi connectivity index (χ1v) is 6.53. The van der Waals surface area contributed by atoms with Gasteiger partial charge in [0, 0.05) is 6.07 Å². The molecule has 0 radical (unpaired) electrons. The van der Waals surface area contributed by atoms with Crippen LogP contribution in [0.15, 0.2) is 18.2 Å². The van der Waals surface area contributed by atoms with Crippen molar-refractivity contribution in [1.29, 1.82) is 5.26 Å². The minimum atomic E-state index is -0.532. The van der Waals surface area contributed by atoms with Gasteiger partial charge in [-0.2, -0.15) is 5.26 Å². The van der Waals surface area contributed by atoms with Gasteiger partial charge in [-0.25, -0.2) is 4.79 Å². The topological polar surface area (TPSA) is 80.6 Å². The van der Waals surface area contributed by atoms with E-state index in [-0.39, 0.29) is 13.2 Å². The molecule has 0 fully saturated rings. The van der Waals surface area contributed by atoms with Crippen molar-refractivity contribution in [2.75, 3.05) is 20.3 Å². The maximum absolute atomic E-state index is 11.4. The van der Waals surface area contributed by atoms with Crippen LogP contribution in [0, 0.1) is 11.3 Å². The zero-order chi connectivity index (χ0) is 15.9. The molecule has 1 rings (SSSR count). The van der Waals surface area contributed by atoms with E-state index in [1.54, 1.807) is 39.0 Å². The molecule has 114 valence electrons. The number of alkyl carbamates (subject to hydrolysis) is 1. The highest BCUT2D eigenvalue weighted by Crippen LogP contribution is 2.27. The van der Waals surface area contributed by atoms with Crippen molar-refractivity contribution in [3.05, 3.63) is 23.8 Å². The van der Waals surface area contributed by atoms with Crippen LogP contribution in [-0.2, 0) is 4.74 Å². The Morgan fingerprint density at radius 2 is 2.05 bits per heavy atom. The van der Waals surface area contributed by atoms with Gasteiger partial charge in [0.15, 0.2) is 11.5 Å². The lowest BCUT2D eigenvalue weighted by molar-refractivity contribution is 0.0520. The van der Waals surface area contributed by atoms with Crippen molar-refractivity contribution >= 4 is 6.09 Å². The second-order valence-corrected chi connectivity index (χ2v) is 5.25. The summed E-state index contributed by atoms with van der Waals surface area (Å²) in [6.07, 6.45) is -0.496. The molecule has 1 aromatic carbocycles. The van der Waals surface area contributed by atoms with Gasteiger partial charge in [0.25, 0.3) is 0 Å². The standard InChI is InChI=1S/C15H20N2O4/c1-15(2,3)21-14(18)17-7-8-20-13-9-11(10-16)5-6-12(13)19-4/h5-6,9H,7-8H2,1-4H3,(H,17,18). The Balaban J connectivity index is 2.46. The van der Waals surface area contributed by atoms with E-state index < -0.39 is 11.7 Å². The molecule has 0 aliphatic heterocycles. The highest BCUT2D eigenvalue weighted by Gasteiger charge is 2.15. The van der Waals surface area contributed by atoms with E-state index in [1.807, 2.05) is 6.07 Å². The number of benzene rings is 1. The van der Waals surface area contributed by atoms with Crippen LogP contribution in [0.2, 0.25) is 0 Å². The molecular weight excluding hydrogens is 272 g/mol. The number of nitriles is 1. The second kappa shape index (κ2) is 7.39. The Hall–Kier alpha value is -2.42. The predicted molar refractivity (Wildman–Crippen MR) is 77.4 cm³/mol. The van der Waals surface area contributed by atoms with Crippen LogP contribution in [0.25, 0.3) is 0 Å². The largest absolute Gasteiger partial charge is 0.493 e. The van der Waals surface area contributed by atoms with Gasteiger partial charge in [-0.3, -0.25) is 0 Å². The average Bonchev–Trinajstić information content (AvgIpc) is 2.41. The maximum atomic E-state index is 11.4. The molecule has 21 heavy (non-hydrogen) atoms. The molecule has 6 heteroatoms. The van der Waals surface area contributed by atoms with Crippen LogP contribution in [0.4, 0.5) is 4.79 Å². The normalized spacial score (nSPS) is 10.4. The van der Waals surface area contributed by atoms with E-state index in [9.17, 15) is 4.79 Å². The first-order valence-electron chi connectivity index (χ1n) is 6.53. The van der Waals surface area contributed by atoms with E-state index in [0.717, 1.165) is 0 Å². The van der Waals surface area contributed by atoms with Crippen molar-refractivity contribution < 1.29 is 19.0 Å². The summed E-state index contributed by atoms with van der Waals surface area (Å²) in [5.41, 5.74) is -0.0548. The molecule has 1 aromatic rings. The molecule has 6 nitrogen and oxygen atoms in total. The summed E-state index contributed by atoms with van der Waals surface area (Å²) >= 11 is 0. The molecule has 1 N–H and O–H groups in total. The molecule has 0 atom stereocenters. The van der Waals surface area contributed by atoms with Gasteiger partial charge in [0.05, 0.1) is 25.3 Å². The third-order valence-electron chi connectivity index (χ3n) is 2.32. The number of methoxy groups -OCH3 is 1. The molecule has 0 aliphatic rings. The summed E-state index contributed by atoms with van der Waals surface area (Å²) in [6, 6.07) is 6.92. The molecule has 0 aromatic heterocycles. The number of nitrogens with zero attached hydrogens (tertiary/aromatic N) is 1. The van der Waals surface area contributed by atoms with Crippen LogP contribution in [0.3, 0.4) is 0 Å². The number of amides is 1. The Labute approximate surface area is 124 Å². The fraction of sp³-hybridized carbons (Fsp3) is 0.467. The quantitative estimate of drug-likeness (QED) is 0.843. The minimum Gasteiger partial charge on any atom is -0.493 e. The zero-order valence-electron chi connectivity index (χ0n) is 12.7. The monoisotopic (exact) mass is 292 g/mol. The molecular formula is C15H20N2O4. The van der Waals surface area contributed by atoms with E-state index >= 15 is 0 Å². The maximum Gasteiger partial charge on any atom is 0.407 e. The number of carbonyl (C=O) groups excluding carboxylic acids is 1. The van der Waals surface area contributed by atoms with Gasteiger partial charge < -0.3 is 19.5 Å². The van der Waals surface area contributed by atoms with E-state index in [2.05, 4.69) is 5.32 Å². The lowest BCUT2D eigenvalue weighted by Gasteiger charge is -2.19. The Bertz CT molecular complexity index is 529. The van der Waals surface area contributed by atoms with Crippen molar-refractivity contribution in [3.63, 3.8) is 0 Å². The van der Waals surface area contributed by atoms with Gasteiger partial charge in [0.2, 0.25) is 0 Å². The highest BCUT2D eigenvalue weighted by molar-refractivity contribution is 5.67. The fourth-order valence-electron chi connectivity index (χ4n) is 1.49. The van der Waals surface area contributed by atoms with E-state index in [4.69, 9.17) is 19.5 Å². The number of nitrogens with one attached hydrogen (secondary N) is 1. The summed E-state index contributed by atoms with van der Waals surface area (Å²) in [6.45, 7) is 5.91. The lowest BCUT2D eigenvalue weighted by atomic mass is 10.2. The number of hydrogen-bond donors (Lipinski definition) is 1. The summed E-state index contributed by atoms with van der Waals surface area (Å²) in [4.78, 5) is 11.4. The third-order valence-corrected chi connectivity index (χ3v) is 2.32. The summed E-state index contributed by atoms with van der Waals surface area (Å²) in [5, 5.41) is 11.4. The van der Waals surface area contributed by atoms with Gasteiger partial charge in [-0.1, -0.05) is 0 Å². The first-order chi connectivity index (χ1) is 9.85. The Morgan fingerprint density at radius 1 is 1.33 bits per heavy atom. The van der Waals surface area contributed by atoms with E-state index in [1.165, 1.54) is 7.11 Å². The van der Waals surface area contributed by atoms with Gasteiger partial charge in [0.1, 0.15) is 12.2 Å². The van der Waals surface area contributed by atoms with Crippen LogP contribution in [0.5, 0.6) is 11.5 Å². The fourth-order valence-corrected chi connectivity index (χ4v) is 1.49.